The zero-order valence-corrected chi connectivity index (χ0v) is 16.9. The first kappa shape index (κ1) is 22.0. The number of benzene rings is 2. The molecule has 1 amide bonds. The Balaban J connectivity index is 2.06. The SMILES string of the molecule is Cc1ccc(C2=CC(c3cc(Cl)cc(Cl)c3)(C(F)(F)F)ON2)cc1NC(=O)CC#N. The minimum Gasteiger partial charge on any atom is -0.325 e. The zero-order chi connectivity index (χ0) is 22.1. The third kappa shape index (κ3) is 4.24. The lowest BCUT2D eigenvalue weighted by molar-refractivity contribution is -0.269. The predicted molar refractivity (Wildman–Crippen MR) is 106 cm³/mol. The molecule has 0 aliphatic carbocycles. The van der Waals surface area contributed by atoms with Gasteiger partial charge < -0.3 is 5.32 Å². The molecule has 0 aromatic heterocycles. The van der Waals surface area contributed by atoms with Gasteiger partial charge in [0.15, 0.2) is 0 Å². The maximum Gasteiger partial charge on any atom is 0.428 e. The van der Waals surface area contributed by atoms with E-state index < -0.39 is 17.7 Å². The highest BCUT2D eigenvalue weighted by atomic mass is 35.5. The second kappa shape index (κ2) is 8.19. The summed E-state index contributed by atoms with van der Waals surface area (Å²) in [6.07, 6.45) is -4.29. The van der Waals surface area contributed by atoms with Crippen molar-refractivity contribution in [2.75, 3.05) is 5.32 Å². The molecule has 5 nitrogen and oxygen atoms in total. The molecule has 1 aliphatic rings. The van der Waals surface area contributed by atoms with Crippen molar-refractivity contribution in [1.82, 2.24) is 5.48 Å². The van der Waals surface area contributed by atoms with Gasteiger partial charge in [0.05, 0.1) is 11.8 Å². The summed E-state index contributed by atoms with van der Waals surface area (Å²) >= 11 is 11.8. The van der Waals surface area contributed by atoms with Crippen LogP contribution in [0.3, 0.4) is 0 Å². The minimum atomic E-state index is -4.83. The van der Waals surface area contributed by atoms with Crippen LogP contribution in [0.4, 0.5) is 18.9 Å². The zero-order valence-electron chi connectivity index (χ0n) is 15.4. The van der Waals surface area contributed by atoms with Crippen LogP contribution in [0.15, 0.2) is 42.5 Å². The summed E-state index contributed by atoms with van der Waals surface area (Å²) < 4.78 is 42.2. The molecular weight excluding hydrogens is 442 g/mol. The molecule has 1 heterocycles. The van der Waals surface area contributed by atoms with Crippen molar-refractivity contribution >= 4 is 40.5 Å². The number of rotatable bonds is 4. The molecule has 0 saturated carbocycles. The van der Waals surface area contributed by atoms with Gasteiger partial charge >= 0.3 is 6.18 Å². The highest BCUT2D eigenvalue weighted by Gasteiger charge is 2.59. The number of hydrogen-bond acceptors (Lipinski definition) is 4. The van der Waals surface area contributed by atoms with Gasteiger partial charge in [0.2, 0.25) is 11.5 Å². The Morgan fingerprint density at radius 2 is 1.90 bits per heavy atom. The second-order valence-electron chi connectivity index (χ2n) is 6.57. The molecule has 1 atom stereocenters. The topological polar surface area (TPSA) is 74.2 Å². The Bertz CT molecular complexity index is 1060. The van der Waals surface area contributed by atoms with Crippen LogP contribution in [0.1, 0.15) is 23.1 Å². The fraction of sp³-hybridized carbons (Fsp3) is 0.200. The lowest BCUT2D eigenvalue weighted by atomic mass is 9.91. The number of carbonyl (C=O) groups is 1. The van der Waals surface area contributed by atoms with Gasteiger partial charge in [-0.25, -0.2) is 0 Å². The molecule has 2 aromatic rings. The van der Waals surface area contributed by atoms with E-state index in [1.165, 1.54) is 12.1 Å². The second-order valence-corrected chi connectivity index (χ2v) is 7.44. The number of anilines is 1. The quantitative estimate of drug-likeness (QED) is 0.639. The van der Waals surface area contributed by atoms with E-state index in [1.54, 1.807) is 25.1 Å². The van der Waals surface area contributed by atoms with Crippen LogP contribution in [0, 0.1) is 18.3 Å². The van der Waals surface area contributed by atoms with E-state index in [9.17, 15) is 18.0 Å². The number of nitriles is 1. The Kier molecular flexibility index (Phi) is 5.99. The van der Waals surface area contributed by atoms with Crippen molar-refractivity contribution in [3.63, 3.8) is 0 Å². The van der Waals surface area contributed by atoms with E-state index in [-0.39, 0.29) is 27.7 Å². The van der Waals surface area contributed by atoms with E-state index >= 15 is 0 Å². The minimum absolute atomic E-state index is 0.0319. The molecule has 0 spiro atoms. The molecule has 30 heavy (non-hydrogen) atoms. The lowest BCUT2D eigenvalue weighted by Crippen LogP contribution is -2.42. The van der Waals surface area contributed by atoms with Crippen LogP contribution in [0.25, 0.3) is 5.70 Å². The fourth-order valence-electron chi connectivity index (χ4n) is 2.94. The van der Waals surface area contributed by atoms with E-state index in [2.05, 4.69) is 10.8 Å². The van der Waals surface area contributed by atoms with E-state index in [1.807, 2.05) is 0 Å². The Morgan fingerprint density at radius 3 is 2.50 bits per heavy atom. The molecule has 0 radical (unpaired) electrons. The smallest absolute Gasteiger partial charge is 0.325 e. The molecule has 2 N–H and O–H groups in total. The largest absolute Gasteiger partial charge is 0.428 e. The molecule has 2 aromatic carbocycles. The van der Waals surface area contributed by atoms with Crippen LogP contribution >= 0.6 is 23.2 Å². The normalized spacial score (nSPS) is 18.4. The Morgan fingerprint density at radius 1 is 1.23 bits per heavy atom. The third-order valence-electron chi connectivity index (χ3n) is 4.44. The standard InChI is InChI=1S/C20H14Cl2F3N3O2/c1-11-2-3-12(6-16(11)27-18(29)4-5-26)17-10-19(30-28-17,20(23,24)25)13-7-14(21)9-15(22)8-13/h2-3,6-10,28H,4H2,1H3,(H,27,29). The summed E-state index contributed by atoms with van der Waals surface area (Å²) in [5, 5.41) is 11.2. The van der Waals surface area contributed by atoms with Crippen LogP contribution in [-0.4, -0.2) is 12.1 Å². The molecule has 1 unspecified atom stereocenters. The number of hydroxylamine groups is 1. The predicted octanol–water partition coefficient (Wildman–Crippen LogP) is 5.49. The first-order valence-electron chi connectivity index (χ1n) is 8.54. The average Bonchev–Trinajstić information content (AvgIpc) is 3.10. The van der Waals surface area contributed by atoms with Crippen LogP contribution in [0.2, 0.25) is 10.0 Å². The van der Waals surface area contributed by atoms with Crippen molar-refractivity contribution in [3.8, 4) is 6.07 Å². The first-order valence-corrected chi connectivity index (χ1v) is 9.29. The summed E-state index contributed by atoms with van der Waals surface area (Å²) in [4.78, 5) is 16.8. The summed E-state index contributed by atoms with van der Waals surface area (Å²) in [5.74, 6) is -0.527. The van der Waals surface area contributed by atoms with Crippen molar-refractivity contribution in [1.29, 1.82) is 5.26 Å². The van der Waals surface area contributed by atoms with Gasteiger partial charge in [-0.15, -0.1) is 0 Å². The van der Waals surface area contributed by atoms with Crippen LogP contribution in [0.5, 0.6) is 0 Å². The number of carbonyl (C=O) groups excluding carboxylic acids is 1. The van der Waals surface area contributed by atoms with Crippen molar-refractivity contribution in [2.45, 2.75) is 25.1 Å². The maximum atomic E-state index is 14.1. The Labute approximate surface area is 180 Å². The average molecular weight is 456 g/mol. The molecule has 1 aliphatic heterocycles. The van der Waals surface area contributed by atoms with E-state index in [0.29, 0.717) is 16.8 Å². The van der Waals surface area contributed by atoms with E-state index in [0.717, 1.165) is 18.2 Å². The summed E-state index contributed by atoms with van der Waals surface area (Å²) in [5.41, 5.74) is 0.644. The van der Waals surface area contributed by atoms with Gasteiger partial charge in [0, 0.05) is 26.9 Å². The van der Waals surface area contributed by atoms with E-state index in [4.69, 9.17) is 33.3 Å². The van der Waals surface area contributed by atoms with Crippen LogP contribution in [-0.2, 0) is 15.2 Å². The number of nitrogens with one attached hydrogen (secondary N) is 2. The number of nitrogens with zero attached hydrogens (tertiary/aromatic N) is 1. The third-order valence-corrected chi connectivity index (χ3v) is 4.88. The van der Waals surface area contributed by atoms with Crippen molar-refractivity contribution in [2.24, 2.45) is 0 Å². The highest BCUT2D eigenvalue weighted by molar-refractivity contribution is 6.34. The molecule has 10 heteroatoms. The summed E-state index contributed by atoms with van der Waals surface area (Å²) in [6.45, 7) is 1.71. The molecule has 0 bridgehead atoms. The first-order chi connectivity index (χ1) is 14.1. The molecule has 3 rings (SSSR count). The number of halogens is 5. The molecular formula is C20H14Cl2F3N3O2. The monoisotopic (exact) mass is 455 g/mol. The van der Waals surface area contributed by atoms with Crippen molar-refractivity contribution in [3.05, 3.63) is 69.2 Å². The van der Waals surface area contributed by atoms with Gasteiger partial charge in [0.25, 0.3) is 0 Å². The highest BCUT2D eigenvalue weighted by Crippen LogP contribution is 2.48. The Hall–Kier alpha value is -2.73. The van der Waals surface area contributed by atoms with Gasteiger partial charge in [0.1, 0.15) is 6.42 Å². The number of aryl methyl sites for hydroxylation is 1. The summed E-state index contributed by atoms with van der Waals surface area (Å²) in [7, 11) is 0. The molecule has 0 fully saturated rings. The van der Waals surface area contributed by atoms with Gasteiger partial charge in [-0.1, -0.05) is 35.3 Å². The van der Waals surface area contributed by atoms with Gasteiger partial charge in [-0.2, -0.15) is 18.4 Å². The van der Waals surface area contributed by atoms with Gasteiger partial charge in [-0.05, 0) is 42.8 Å². The number of amides is 1. The molecule has 0 saturated heterocycles. The van der Waals surface area contributed by atoms with Gasteiger partial charge in [-0.3, -0.25) is 15.1 Å². The fourth-order valence-corrected chi connectivity index (χ4v) is 3.47. The van der Waals surface area contributed by atoms with Crippen LogP contribution < -0.4 is 10.8 Å². The summed E-state index contributed by atoms with van der Waals surface area (Å²) in [6, 6.07) is 10.0. The lowest BCUT2D eigenvalue weighted by Gasteiger charge is -2.28. The van der Waals surface area contributed by atoms with Crippen molar-refractivity contribution < 1.29 is 22.8 Å². The molecule has 156 valence electrons. The maximum absolute atomic E-state index is 14.1. The number of alkyl halides is 3. The number of hydrogen-bond donors (Lipinski definition) is 2.